The van der Waals surface area contributed by atoms with Gasteiger partial charge in [-0.25, -0.2) is 0 Å². The monoisotopic (exact) mass is 198 g/mol. The predicted molar refractivity (Wildman–Crippen MR) is 51.9 cm³/mol. The molecule has 1 N–H and O–H groups in total. The number of hydrogen-bond donors (Lipinski definition) is 2. The number of hydrogen-bond acceptors (Lipinski definition) is 4. The van der Waals surface area contributed by atoms with Gasteiger partial charge in [0.05, 0.1) is 12.7 Å². The smallest absolute Gasteiger partial charge is 0.163 e. The largest absolute Gasteiger partial charge is 0.507 e. The van der Waals surface area contributed by atoms with Crippen LogP contribution in [0.3, 0.4) is 0 Å². The molecule has 0 saturated carbocycles. The number of ketones is 1. The van der Waals surface area contributed by atoms with Gasteiger partial charge in [0.1, 0.15) is 11.5 Å². The molecule has 0 saturated heterocycles. The molecule has 1 aromatic rings. The number of rotatable bonds is 2. The molecular weight excluding hydrogens is 188 g/mol. The normalized spacial score (nSPS) is 9.77. The molecule has 0 radical (unpaired) electrons. The maximum atomic E-state index is 11.0. The van der Waals surface area contributed by atoms with E-state index in [1.807, 2.05) is 0 Å². The van der Waals surface area contributed by atoms with Gasteiger partial charge in [0, 0.05) is 11.0 Å². The molecule has 0 aromatic heterocycles. The molecule has 1 rings (SSSR count). The molecule has 0 aliphatic heterocycles. The highest BCUT2D eigenvalue weighted by molar-refractivity contribution is 7.80. The highest BCUT2D eigenvalue weighted by Gasteiger charge is 2.10. The molecule has 0 spiro atoms. The Balaban J connectivity index is 3.28. The van der Waals surface area contributed by atoms with Crippen molar-refractivity contribution < 1.29 is 14.6 Å². The van der Waals surface area contributed by atoms with Crippen LogP contribution in [0.15, 0.2) is 17.0 Å². The van der Waals surface area contributed by atoms with Gasteiger partial charge in [-0.05, 0) is 13.0 Å². The first-order chi connectivity index (χ1) is 6.06. The van der Waals surface area contributed by atoms with Crippen LogP contribution < -0.4 is 4.74 Å². The quantitative estimate of drug-likeness (QED) is 0.563. The summed E-state index contributed by atoms with van der Waals surface area (Å²) in [7, 11) is 1.47. The number of carbonyl (C=O) groups excluding carboxylic acids is 1. The molecule has 0 aliphatic rings. The molecule has 0 amide bonds. The lowest BCUT2D eigenvalue weighted by Crippen LogP contribution is -1.94. The van der Waals surface area contributed by atoms with Crippen LogP contribution in [-0.2, 0) is 0 Å². The van der Waals surface area contributed by atoms with Crippen LogP contribution in [-0.4, -0.2) is 18.0 Å². The Labute approximate surface area is 81.8 Å². The van der Waals surface area contributed by atoms with Crippen LogP contribution in [0.4, 0.5) is 0 Å². The van der Waals surface area contributed by atoms with E-state index in [0.29, 0.717) is 10.6 Å². The van der Waals surface area contributed by atoms with Crippen LogP contribution in [0, 0.1) is 0 Å². The number of phenols is 1. The Morgan fingerprint density at radius 2 is 2.15 bits per heavy atom. The lowest BCUT2D eigenvalue weighted by Gasteiger charge is -2.06. The minimum absolute atomic E-state index is 0.0813. The van der Waals surface area contributed by atoms with E-state index in [-0.39, 0.29) is 17.1 Å². The van der Waals surface area contributed by atoms with Crippen molar-refractivity contribution in [2.75, 3.05) is 7.11 Å². The van der Waals surface area contributed by atoms with Gasteiger partial charge in [0.2, 0.25) is 0 Å². The van der Waals surface area contributed by atoms with Crippen molar-refractivity contribution in [3.63, 3.8) is 0 Å². The fourth-order valence-corrected chi connectivity index (χ4v) is 1.29. The molecule has 1 aromatic carbocycles. The van der Waals surface area contributed by atoms with Crippen LogP contribution in [0.5, 0.6) is 11.5 Å². The molecule has 0 heterocycles. The SMILES string of the molecule is COc1cc(O)c(C(C)=O)cc1S. The first kappa shape index (κ1) is 9.92. The number of benzene rings is 1. The number of carbonyl (C=O) groups is 1. The van der Waals surface area contributed by atoms with Crippen molar-refractivity contribution in [1.82, 2.24) is 0 Å². The predicted octanol–water partition coefficient (Wildman–Crippen LogP) is 1.89. The van der Waals surface area contributed by atoms with Gasteiger partial charge in [-0.3, -0.25) is 4.79 Å². The third kappa shape index (κ3) is 1.95. The van der Waals surface area contributed by atoms with Gasteiger partial charge in [-0.2, -0.15) is 0 Å². The second kappa shape index (κ2) is 3.70. The average Bonchev–Trinajstić information content (AvgIpc) is 2.07. The first-order valence-electron chi connectivity index (χ1n) is 3.67. The van der Waals surface area contributed by atoms with Crippen LogP contribution in [0.2, 0.25) is 0 Å². The van der Waals surface area contributed by atoms with Gasteiger partial charge in [-0.15, -0.1) is 12.6 Å². The van der Waals surface area contributed by atoms with Gasteiger partial charge in [-0.1, -0.05) is 0 Å². The summed E-state index contributed by atoms with van der Waals surface area (Å²) in [6.45, 7) is 1.38. The second-order valence-electron chi connectivity index (χ2n) is 2.60. The van der Waals surface area contributed by atoms with E-state index in [1.165, 1.54) is 26.2 Å². The van der Waals surface area contributed by atoms with Crippen molar-refractivity contribution in [3.05, 3.63) is 17.7 Å². The summed E-state index contributed by atoms with van der Waals surface area (Å²) in [5, 5.41) is 9.38. The minimum Gasteiger partial charge on any atom is -0.507 e. The van der Waals surface area contributed by atoms with E-state index in [0.717, 1.165) is 0 Å². The molecule has 0 unspecified atom stereocenters. The van der Waals surface area contributed by atoms with Crippen LogP contribution in [0.1, 0.15) is 17.3 Å². The van der Waals surface area contributed by atoms with Crippen LogP contribution >= 0.6 is 12.6 Å². The zero-order chi connectivity index (χ0) is 10.0. The Hall–Kier alpha value is -1.16. The van der Waals surface area contributed by atoms with Crippen molar-refractivity contribution in [1.29, 1.82) is 0 Å². The number of aromatic hydroxyl groups is 1. The highest BCUT2D eigenvalue weighted by Crippen LogP contribution is 2.30. The van der Waals surface area contributed by atoms with Gasteiger partial charge >= 0.3 is 0 Å². The number of thiol groups is 1. The molecule has 0 fully saturated rings. The molecule has 70 valence electrons. The fraction of sp³-hybridized carbons (Fsp3) is 0.222. The lowest BCUT2D eigenvalue weighted by atomic mass is 10.1. The van der Waals surface area contributed by atoms with E-state index >= 15 is 0 Å². The average molecular weight is 198 g/mol. The lowest BCUT2D eigenvalue weighted by molar-refractivity contribution is 0.101. The van der Waals surface area contributed by atoms with Gasteiger partial charge in [0.15, 0.2) is 5.78 Å². The van der Waals surface area contributed by atoms with E-state index in [1.54, 1.807) is 0 Å². The standard InChI is InChI=1S/C9H10O3S/c1-5(10)6-3-9(13)8(12-2)4-7(6)11/h3-4,11,13H,1-2H3. The Kier molecular flexibility index (Phi) is 2.83. The number of phenolic OH excluding ortho intramolecular Hbond substituents is 1. The molecule has 0 aliphatic carbocycles. The van der Waals surface area contributed by atoms with E-state index < -0.39 is 0 Å². The third-order valence-electron chi connectivity index (χ3n) is 1.68. The van der Waals surface area contributed by atoms with Gasteiger partial charge < -0.3 is 9.84 Å². The molecule has 4 heteroatoms. The summed E-state index contributed by atoms with van der Waals surface area (Å²) in [6, 6.07) is 2.86. The zero-order valence-corrected chi connectivity index (χ0v) is 8.26. The summed E-state index contributed by atoms with van der Waals surface area (Å²) in [4.78, 5) is 11.5. The highest BCUT2D eigenvalue weighted by atomic mass is 32.1. The Bertz CT molecular complexity index is 347. The zero-order valence-electron chi connectivity index (χ0n) is 7.37. The molecule has 3 nitrogen and oxygen atoms in total. The Morgan fingerprint density at radius 1 is 1.54 bits per heavy atom. The molecular formula is C9H10O3S. The Morgan fingerprint density at radius 3 is 2.62 bits per heavy atom. The first-order valence-corrected chi connectivity index (χ1v) is 4.12. The van der Waals surface area contributed by atoms with Gasteiger partial charge in [0.25, 0.3) is 0 Å². The number of ether oxygens (including phenoxy) is 1. The summed E-state index contributed by atoms with van der Waals surface area (Å²) >= 11 is 4.10. The summed E-state index contributed by atoms with van der Waals surface area (Å²) < 4.78 is 4.91. The van der Waals surface area contributed by atoms with E-state index in [9.17, 15) is 9.90 Å². The fourth-order valence-electron chi connectivity index (χ4n) is 1.00. The maximum Gasteiger partial charge on any atom is 0.163 e. The molecule has 0 bridgehead atoms. The second-order valence-corrected chi connectivity index (χ2v) is 3.08. The van der Waals surface area contributed by atoms with E-state index in [2.05, 4.69) is 12.6 Å². The summed E-state index contributed by atoms with van der Waals surface area (Å²) in [5.74, 6) is 0.170. The van der Waals surface area contributed by atoms with Crippen molar-refractivity contribution >= 4 is 18.4 Å². The summed E-state index contributed by atoms with van der Waals surface area (Å²) in [5.41, 5.74) is 0.255. The van der Waals surface area contributed by atoms with Crippen molar-refractivity contribution in [3.8, 4) is 11.5 Å². The number of Topliss-reactive ketones (excluding diaryl/α,β-unsaturated/α-hetero) is 1. The third-order valence-corrected chi connectivity index (χ3v) is 2.03. The topological polar surface area (TPSA) is 46.5 Å². The van der Waals surface area contributed by atoms with Crippen LogP contribution in [0.25, 0.3) is 0 Å². The number of methoxy groups -OCH3 is 1. The maximum absolute atomic E-state index is 11.0. The molecule has 13 heavy (non-hydrogen) atoms. The molecule has 0 atom stereocenters. The van der Waals surface area contributed by atoms with Crippen molar-refractivity contribution in [2.45, 2.75) is 11.8 Å². The van der Waals surface area contributed by atoms with E-state index in [4.69, 9.17) is 4.74 Å². The summed E-state index contributed by atoms with van der Waals surface area (Å²) in [6.07, 6.45) is 0. The minimum atomic E-state index is -0.199. The van der Waals surface area contributed by atoms with Crippen molar-refractivity contribution in [2.24, 2.45) is 0 Å².